The van der Waals surface area contributed by atoms with Gasteiger partial charge in [-0.25, -0.2) is 0 Å². The first-order valence-electron chi connectivity index (χ1n) is 6.36. The molecule has 4 unspecified atom stereocenters. The fraction of sp³-hybridized carbons (Fsp3) is 0.429. The van der Waals surface area contributed by atoms with E-state index in [0.717, 1.165) is 5.75 Å². The highest BCUT2D eigenvalue weighted by molar-refractivity contribution is 7.32. The summed E-state index contributed by atoms with van der Waals surface area (Å²) in [5.74, 6) is -0.477. The molecule has 1 aromatic rings. The van der Waals surface area contributed by atoms with Crippen LogP contribution in [0.4, 0.5) is 0 Å². The minimum Gasteiger partial charge on any atom is -0.477 e. The van der Waals surface area contributed by atoms with Crippen molar-refractivity contribution in [3.63, 3.8) is 0 Å². The summed E-state index contributed by atoms with van der Waals surface area (Å²) in [7, 11) is 0.474. The molecule has 0 aliphatic rings. The second-order valence-electron chi connectivity index (χ2n) is 4.40. The summed E-state index contributed by atoms with van der Waals surface area (Å²) >= 11 is 0. The van der Waals surface area contributed by atoms with E-state index in [4.69, 9.17) is 9.05 Å². The molecule has 0 saturated carbocycles. The molecule has 0 N–H and O–H groups in total. The third kappa shape index (κ3) is 4.54. The Morgan fingerprint density at radius 1 is 1.00 bits per heavy atom. The topological polar surface area (TPSA) is 52.6 Å². The largest absolute Gasteiger partial charge is 0.477 e. The molecule has 4 nitrogen and oxygen atoms in total. The Morgan fingerprint density at radius 3 is 2.10 bits per heavy atom. The summed E-state index contributed by atoms with van der Waals surface area (Å²) in [5, 5.41) is 0. The molecule has 1 aromatic carbocycles. The van der Waals surface area contributed by atoms with Crippen molar-refractivity contribution in [1.82, 2.24) is 0 Å². The van der Waals surface area contributed by atoms with E-state index in [1.807, 2.05) is 6.66 Å². The highest BCUT2D eigenvalue weighted by atomic mass is 31.1. The molecule has 0 aliphatic carbocycles. The van der Waals surface area contributed by atoms with Crippen LogP contribution in [0.25, 0.3) is 0 Å². The first-order chi connectivity index (χ1) is 9.51. The van der Waals surface area contributed by atoms with E-state index < -0.39 is 11.8 Å². The Bertz CT molecular complexity index is 459. The molecule has 0 heterocycles. The van der Waals surface area contributed by atoms with Crippen LogP contribution in [0.3, 0.4) is 0 Å². The van der Waals surface area contributed by atoms with Crippen molar-refractivity contribution in [2.24, 2.45) is 11.8 Å². The third-order valence-electron chi connectivity index (χ3n) is 3.10. The molecule has 4 atom stereocenters. The fourth-order valence-corrected chi connectivity index (χ4v) is 2.45. The van der Waals surface area contributed by atoms with Crippen molar-refractivity contribution < 1.29 is 18.6 Å². The Labute approximate surface area is 123 Å². The summed E-state index contributed by atoms with van der Waals surface area (Å²) in [6.07, 6.45) is 0. The van der Waals surface area contributed by atoms with Gasteiger partial charge in [0.15, 0.2) is 5.78 Å². The molecular weight excluding hydrogens is 294 g/mol. The van der Waals surface area contributed by atoms with Gasteiger partial charge in [-0.2, -0.15) is 0 Å². The average molecular weight is 314 g/mol. The van der Waals surface area contributed by atoms with Crippen molar-refractivity contribution in [1.29, 1.82) is 0 Å². The van der Waals surface area contributed by atoms with Crippen molar-refractivity contribution in [3.05, 3.63) is 29.8 Å². The molecule has 0 radical (unpaired) electrons. The SMILES string of the molecule is CPOC(=O)C(C)C(C)C(=O)c1ccc(OPC)cc1. The minimum atomic E-state index is -0.442. The molecule has 6 heteroatoms. The van der Waals surface area contributed by atoms with E-state index in [1.165, 1.54) is 0 Å². The third-order valence-corrected chi connectivity index (χ3v) is 3.94. The number of hydrogen-bond acceptors (Lipinski definition) is 4. The van der Waals surface area contributed by atoms with E-state index >= 15 is 0 Å². The van der Waals surface area contributed by atoms with Crippen LogP contribution in [0.1, 0.15) is 24.2 Å². The van der Waals surface area contributed by atoms with E-state index in [0.29, 0.717) is 14.4 Å². The maximum absolute atomic E-state index is 12.3. The highest BCUT2D eigenvalue weighted by Gasteiger charge is 2.27. The second-order valence-corrected chi connectivity index (χ2v) is 5.62. The van der Waals surface area contributed by atoms with Crippen LogP contribution >= 0.6 is 17.6 Å². The maximum Gasteiger partial charge on any atom is 0.311 e. The quantitative estimate of drug-likeness (QED) is 0.571. The smallest absolute Gasteiger partial charge is 0.311 e. The number of benzene rings is 1. The van der Waals surface area contributed by atoms with Crippen LogP contribution in [0.2, 0.25) is 0 Å². The lowest BCUT2D eigenvalue weighted by molar-refractivity contribution is -0.138. The molecule has 0 saturated heterocycles. The lowest BCUT2D eigenvalue weighted by atomic mass is 9.88. The summed E-state index contributed by atoms with van der Waals surface area (Å²) in [6.45, 7) is 7.19. The number of ketones is 1. The van der Waals surface area contributed by atoms with E-state index in [9.17, 15) is 9.59 Å². The van der Waals surface area contributed by atoms with Crippen molar-refractivity contribution in [2.75, 3.05) is 13.3 Å². The normalized spacial score (nSPS) is 14.6. The van der Waals surface area contributed by atoms with Crippen molar-refractivity contribution in [3.8, 4) is 5.75 Å². The van der Waals surface area contributed by atoms with Crippen LogP contribution in [0.5, 0.6) is 5.75 Å². The Balaban J connectivity index is 2.75. The molecule has 0 aliphatic heterocycles. The zero-order valence-corrected chi connectivity index (χ0v) is 14.1. The molecule has 110 valence electrons. The summed E-state index contributed by atoms with van der Waals surface area (Å²) in [6, 6.07) is 7.00. The minimum absolute atomic E-state index is 0.0561. The average Bonchev–Trinajstić information content (AvgIpc) is 2.46. The number of Topliss-reactive ketones (excluding diaryl/α,β-unsaturated/α-hetero) is 1. The van der Waals surface area contributed by atoms with Gasteiger partial charge in [0.2, 0.25) is 0 Å². The standard InChI is InChI=1S/C14H20O4P2/c1-9(10(2)14(16)18-20-4)13(15)11-5-7-12(8-6-11)17-19-3/h5-10,19-20H,1-4H3. The number of carbonyl (C=O) groups excluding carboxylic acids is 2. The van der Waals surface area contributed by atoms with Crippen LogP contribution < -0.4 is 4.52 Å². The number of rotatable bonds is 7. The molecule has 0 bridgehead atoms. The fourth-order valence-electron chi connectivity index (χ4n) is 1.69. The zero-order valence-electron chi connectivity index (χ0n) is 12.1. The number of carbonyl (C=O) groups is 2. The van der Waals surface area contributed by atoms with Gasteiger partial charge in [0.05, 0.1) is 23.5 Å². The van der Waals surface area contributed by atoms with Crippen LogP contribution in [-0.2, 0) is 9.32 Å². The lowest BCUT2D eigenvalue weighted by Crippen LogP contribution is -2.26. The lowest BCUT2D eigenvalue weighted by Gasteiger charge is -2.17. The molecule has 0 aromatic heterocycles. The monoisotopic (exact) mass is 314 g/mol. The van der Waals surface area contributed by atoms with Gasteiger partial charge in [0, 0.05) is 11.5 Å². The van der Waals surface area contributed by atoms with Crippen molar-refractivity contribution >= 4 is 29.4 Å². The van der Waals surface area contributed by atoms with Crippen molar-refractivity contribution in [2.45, 2.75) is 13.8 Å². The molecule has 1 rings (SSSR count). The van der Waals surface area contributed by atoms with Crippen LogP contribution in [-0.4, -0.2) is 25.1 Å². The van der Waals surface area contributed by atoms with E-state index in [-0.39, 0.29) is 20.6 Å². The highest BCUT2D eigenvalue weighted by Crippen LogP contribution is 2.24. The Hall–Kier alpha value is -0.980. The molecule has 20 heavy (non-hydrogen) atoms. The summed E-state index contributed by atoms with van der Waals surface area (Å²) in [5.41, 5.74) is 0.586. The molecule has 0 spiro atoms. The second kappa shape index (κ2) is 8.34. The predicted molar refractivity (Wildman–Crippen MR) is 84.3 cm³/mol. The number of hydrogen-bond donors (Lipinski definition) is 0. The van der Waals surface area contributed by atoms with Gasteiger partial charge in [-0.1, -0.05) is 13.8 Å². The Morgan fingerprint density at radius 2 is 1.60 bits per heavy atom. The van der Waals surface area contributed by atoms with Gasteiger partial charge >= 0.3 is 5.97 Å². The Kier molecular flexibility index (Phi) is 7.12. The molecular formula is C14H20O4P2. The van der Waals surface area contributed by atoms with Gasteiger partial charge in [0.1, 0.15) is 5.75 Å². The first kappa shape index (κ1) is 17.1. The van der Waals surface area contributed by atoms with Crippen LogP contribution in [0, 0.1) is 11.8 Å². The van der Waals surface area contributed by atoms with Crippen LogP contribution in [0.15, 0.2) is 24.3 Å². The first-order valence-corrected chi connectivity index (χ1v) is 9.18. The maximum atomic E-state index is 12.3. The summed E-state index contributed by atoms with van der Waals surface area (Å²) in [4.78, 5) is 24.0. The van der Waals surface area contributed by atoms with Gasteiger partial charge < -0.3 is 9.05 Å². The van der Waals surface area contributed by atoms with Gasteiger partial charge in [-0.3, -0.25) is 9.59 Å². The molecule has 0 amide bonds. The van der Waals surface area contributed by atoms with Gasteiger partial charge in [0.25, 0.3) is 0 Å². The zero-order chi connectivity index (χ0) is 15.1. The molecule has 0 fully saturated rings. The van der Waals surface area contributed by atoms with Gasteiger partial charge in [-0.05, 0) is 37.6 Å². The predicted octanol–water partition coefficient (Wildman–Crippen LogP) is 3.51. The van der Waals surface area contributed by atoms with E-state index in [1.54, 1.807) is 44.8 Å². The van der Waals surface area contributed by atoms with E-state index in [2.05, 4.69) is 0 Å². The van der Waals surface area contributed by atoms with Gasteiger partial charge in [-0.15, -0.1) is 0 Å². The summed E-state index contributed by atoms with van der Waals surface area (Å²) < 4.78 is 10.3.